The predicted octanol–water partition coefficient (Wildman–Crippen LogP) is 2.51. The maximum absolute atomic E-state index is 11.9. The van der Waals surface area contributed by atoms with Crippen molar-refractivity contribution in [3.8, 4) is 0 Å². The van der Waals surface area contributed by atoms with Gasteiger partial charge >= 0.3 is 24.7 Å². The van der Waals surface area contributed by atoms with E-state index in [-0.39, 0.29) is 0 Å². The molecule has 2 nitrogen and oxygen atoms in total. The number of halogens is 7. The average molecular weight is 240 g/mol. The summed E-state index contributed by atoms with van der Waals surface area (Å²) < 4.78 is 83.9. The van der Waals surface area contributed by atoms with Gasteiger partial charge < -0.3 is 4.74 Å². The van der Waals surface area contributed by atoms with Gasteiger partial charge in [0.1, 0.15) is 5.57 Å². The van der Waals surface area contributed by atoms with Gasteiger partial charge in [-0.05, 0) is 0 Å². The number of alkyl halides is 7. The van der Waals surface area contributed by atoms with Gasteiger partial charge in [-0.25, -0.2) is 4.79 Å². The Labute approximate surface area is 78.3 Å². The first kappa shape index (κ1) is 13.7. The zero-order chi connectivity index (χ0) is 12.4. The third-order valence-corrected chi connectivity index (χ3v) is 1.06. The van der Waals surface area contributed by atoms with Crippen LogP contribution in [0.2, 0.25) is 0 Å². The van der Waals surface area contributed by atoms with Crippen LogP contribution in [0.3, 0.4) is 0 Å². The van der Waals surface area contributed by atoms with Gasteiger partial charge in [-0.15, -0.1) is 0 Å². The molecule has 0 aromatic heterocycles. The molecule has 0 aliphatic carbocycles. The van der Waals surface area contributed by atoms with E-state index in [1.165, 1.54) is 0 Å². The molecular formula is C6H3F7O2. The van der Waals surface area contributed by atoms with Crippen molar-refractivity contribution in [1.29, 1.82) is 0 Å². The normalized spacial score (nSPS) is 14.6. The second-order valence-electron chi connectivity index (χ2n) is 2.24. The first-order valence-corrected chi connectivity index (χ1v) is 3.14. The summed E-state index contributed by atoms with van der Waals surface area (Å²) in [5.74, 6) is -2.51. The van der Waals surface area contributed by atoms with Crippen LogP contribution in [0.15, 0.2) is 12.2 Å². The van der Waals surface area contributed by atoms with Crippen LogP contribution in [0, 0.1) is 0 Å². The van der Waals surface area contributed by atoms with Gasteiger partial charge in [0.05, 0.1) is 0 Å². The molecule has 1 unspecified atom stereocenters. The monoisotopic (exact) mass is 240 g/mol. The molecule has 0 rings (SSSR count). The van der Waals surface area contributed by atoms with Gasteiger partial charge in [0, 0.05) is 0 Å². The summed E-state index contributed by atoms with van der Waals surface area (Å²) in [5, 5.41) is 0. The highest BCUT2D eigenvalue weighted by atomic mass is 19.4. The Morgan fingerprint density at radius 3 is 1.80 bits per heavy atom. The molecule has 0 N–H and O–H groups in total. The van der Waals surface area contributed by atoms with E-state index in [1.807, 2.05) is 0 Å². The van der Waals surface area contributed by atoms with Gasteiger partial charge in [-0.3, -0.25) is 0 Å². The van der Waals surface area contributed by atoms with E-state index in [0.717, 1.165) is 0 Å². The summed E-state index contributed by atoms with van der Waals surface area (Å²) in [6.07, 6.45) is -14.9. The highest BCUT2D eigenvalue weighted by molar-refractivity contribution is 5.89. The number of esters is 1. The van der Waals surface area contributed by atoms with Gasteiger partial charge in [0.2, 0.25) is 0 Å². The number of ether oxygens (including phenoxy) is 1. The molecular weight excluding hydrogens is 237 g/mol. The van der Waals surface area contributed by atoms with Crippen LogP contribution < -0.4 is 0 Å². The Balaban J connectivity index is 4.47. The molecule has 0 heterocycles. The minimum atomic E-state index is -5.57. The van der Waals surface area contributed by atoms with E-state index < -0.39 is 30.3 Å². The summed E-state index contributed by atoms with van der Waals surface area (Å²) >= 11 is 0. The summed E-state index contributed by atoms with van der Waals surface area (Å²) in [7, 11) is 0. The molecule has 0 aromatic carbocycles. The smallest absolute Gasteiger partial charge is 0.418 e. The highest BCUT2D eigenvalue weighted by Gasteiger charge is 2.46. The summed E-state index contributed by atoms with van der Waals surface area (Å²) in [5.41, 5.74) is -2.21. The largest absolute Gasteiger partial charge is 0.457 e. The molecule has 0 aromatic rings. The molecule has 15 heavy (non-hydrogen) atoms. The van der Waals surface area contributed by atoms with Crippen molar-refractivity contribution < 1.29 is 40.3 Å². The second-order valence-corrected chi connectivity index (χ2v) is 2.24. The Morgan fingerprint density at radius 1 is 1.13 bits per heavy atom. The summed E-state index contributed by atoms with van der Waals surface area (Å²) in [4.78, 5) is 10.3. The average Bonchev–Trinajstić information content (AvgIpc) is 1.99. The third-order valence-electron chi connectivity index (χ3n) is 1.06. The Hall–Kier alpha value is -1.28. The lowest BCUT2D eigenvalue weighted by atomic mass is 10.3. The zero-order valence-electron chi connectivity index (χ0n) is 6.75. The highest BCUT2D eigenvalue weighted by Crippen LogP contribution is 2.28. The molecule has 0 aliphatic rings. The molecule has 0 fully saturated rings. The SMILES string of the molecule is C=C(C(=O)OC(F)C(F)(F)F)C(F)(F)F. The van der Waals surface area contributed by atoms with Crippen LogP contribution in [-0.2, 0) is 9.53 Å². The molecule has 0 saturated carbocycles. The van der Waals surface area contributed by atoms with E-state index in [0.29, 0.717) is 0 Å². The Morgan fingerprint density at radius 2 is 1.53 bits per heavy atom. The topological polar surface area (TPSA) is 26.3 Å². The van der Waals surface area contributed by atoms with Crippen LogP contribution >= 0.6 is 0 Å². The Bertz CT molecular complexity index is 264. The first-order valence-electron chi connectivity index (χ1n) is 3.14. The lowest BCUT2D eigenvalue weighted by molar-refractivity contribution is -0.258. The fourth-order valence-corrected chi connectivity index (χ4v) is 0.348. The quantitative estimate of drug-likeness (QED) is 0.421. The predicted molar refractivity (Wildman–Crippen MR) is 32.2 cm³/mol. The molecule has 88 valence electrons. The van der Waals surface area contributed by atoms with Crippen molar-refractivity contribution in [3.05, 3.63) is 12.2 Å². The number of hydrogen-bond donors (Lipinski definition) is 0. The van der Waals surface area contributed by atoms with Crippen LogP contribution in [0.4, 0.5) is 30.7 Å². The van der Waals surface area contributed by atoms with Crippen LogP contribution in [0.5, 0.6) is 0 Å². The molecule has 9 heteroatoms. The van der Waals surface area contributed by atoms with E-state index in [9.17, 15) is 35.5 Å². The number of carbonyl (C=O) groups is 1. The minimum Gasteiger partial charge on any atom is -0.418 e. The standard InChI is InChI=1S/C6H3F7O2/c1-2(5(8,9)10)3(14)15-4(7)6(11,12)13/h4H,1H2. The maximum Gasteiger partial charge on any atom is 0.457 e. The van der Waals surface area contributed by atoms with Crippen molar-refractivity contribution >= 4 is 5.97 Å². The molecule has 0 aliphatic heterocycles. The molecule has 0 bridgehead atoms. The van der Waals surface area contributed by atoms with Gasteiger partial charge in [0.15, 0.2) is 0 Å². The van der Waals surface area contributed by atoms with Crippen LogP contribution in [0.1, 0.15) is 0 Å². The fourth-order valence-electron chi connectivity index (χ4n) is 0.348. The van der Waals surface area contributed by atoms with Gasteiger partial charge in [0.25, 0.3) is 0 Å². The van der Waals surface area contributed by atoms with E-state index >= 15 is 0 Å². The second kappa shape index (κ2) is 4.07. The number of rotatable bonds is 2. The maximum atomic E-state index is 11.9. The number of carbonyl (C=O) groups excluding carboxylic acids is 1. The van der Waals surface area contributed by atoms with Crippen LogP contribution in [-0.4, -0.2) is 24.7 Å². The molecule has 0 saturated heterocycles. The Kier molecular flexibility index (Phi) is 3.72. The molecule has 1 atom stereocenters. The lowest BCUT2D eigenvalue weighted by Crippen LogP contribution is -2.32. The first-order chi connectivity index (χ1) is 6.46. The van der Waals surface area contributed by atoms with Crippen molar-refractivity contribution in [2.45, 2.75) is 18.7 Å². The van der Waals surface area contributed by atoms with E-state index in [2.05, 4.69) is 11.3 Å². The molecule has 0 spiro atoms. The van der Waals surface area contributed by atoms with Crippen molar-refractivity contribution in [2.75, 3.05) is 0 Å². The summed E-state index contributed by atoms with van der Waals surface area (Å²) in [6, 6.07) is 0. The van der Waals surface area contributed by atoms with Crippen molar-refractivity contribution in [3.63, 3.8) is 0 Å². The van der Waals surface area contributed by atoms with Gasteiger partial charge in [-0.1, -0.05) is 6.58 Å². The lowest BCUT2D eigenvalue weighted by Gasteiger charge is -2.14. The van der Waals surface area contributed by atoms with E-state index in [4.69, 9.17) is 0 Å². The number of hydrogen-bond acceptors (Lipinski definition) is 2. The van der Waals surface area contributed by atoms with Crippen molar-refractivity contribution in [1.82, 2.24) is 0 Å². The minimum absolute atomic E-state index is 2.13. The van der Waals surface area contributed by atoms with Gasteiger partial charge in [-0.2, -0.15) is 30.7 Å². The zero-order valence-corrected chi connectivity index (χ0v) is 6.75. The van der Waals surface area contributed by atoms with E-state index in [1.54, 1.807) is 0 Å². The fraction of sp³-hybridized carbons (Fsp3) is 0.500. The molecule has 0 amide bonds. The van der Waals surface area contributed by atoms with Crippen molar-refractivity contribution in [2.24, 2.45) is 0 Å². The van der Waals surface area contributed by atoms with Crippen LogP contribution in [0.25, 0.3) is 0 Å². The molecule has 0 radical (unpaired) electrons. The third kappa shape index (κ3) is 4.17. The summed E-state index contributed by atoms with van der Waals surface area (Å²) in [6.45, 7) is 2.13.